The number of benzene rings is 2. The number of hydrogen-bond acceptors (Lipinski definition) is 5. The molecule has 0 spiro atoms. The molecular formula is C33H44F2N4O3. The highest BCUT2D eigenvalue weighted by molar-refractivity contribution is 5.80. The lowest BCUT2D eigenvalue weighted by atomic mass is 9.71. The number of rotatable bonds is 14. The predicted molar refractivity (Wildman–Crippen MR) is 157 cm³/mol. The van der Waals surface area contributed by atoms with Gasteiger partial charge in [0.25, 0.3) is 0 Å². The first-order chi connectivity index (χ1) is 20.2. The van der Waals surface area contributed by atoms with Crippen LogP contribution in [0.1, 0.15) is 62.1 Å². The van der Waals surface area contributed by atoms with Crippen molar-refractivity contribution in [2.75, 3.05) is 26.2 Å². The van der Waals surface area contributed by atoms with Crippen molar-refractivity contribution >= 4 is 11.8 Å². The number of nitrogens with zero attached hydrogens (tertiary/aromatic N) is 1. The highest BCUT2D eigenvalue weighted by atomic mass is 19.1. The Hall–Kier alpha value is -2.88. The molecule has 228 valence electrons. The van der Waals surface area contributed by atoms with Gasteiger partial charge in [0.05, 0.1) is 12.1 Å². The summed E-state index contributed by atoms with van der Waals surface area (Å²) in [5.41, 5.74) is 8.34. The molecule has 0 aromatic heterocycles. The maximum absolute atomic E-state index is 14.0. The van der Waals surface area contributed by atoms with Crippen LogP contribution < -0.4 is 16.4 Å². The third-order valence-electron chi connectivity index (χ3n) is 9.75. The summed E-state index contributed by atoms with van der Waals surface area (Å²) in [6, 6.07) is 10.9. The van der Waals surface area contributed by atoms with Crippen molar-refractivity contribution in [2.45, 2.75) is 76.0 Å². The molecule has 9 heteroatoms. The van der Waals surface area contributed by atoms with Crippen molar-refractivity contribution in [3.05, 3.63) is 70.8 Å². The third-order valence-corrected chi connectivity index (χ3v) is 9.75. The smallest absolute Gasteiger partial charge is 0.220 e. The average Bonchev–Trinajstić information content (AvgIpc) is 3.77. The largest absolute Gasteiger partial charge is 0.390 e. The Labute approximate surface area is 247 Å². The molecule has 7 nitrogen and oxygen atoms in total. The number of aryl methyl sites for hydroxylation is 1. The number of piperidine rings is 3. The molecule has 4 fully saturated rings. The van der Waals surface area contributed by atoms with E-state index in [0.717, 1.165) is 57.8 Å². The molecule has 3 heterocycles. The summed E-state index contributed by atoms with van der Waals surface area (Å²) in [4.78, 5) is 28.0. The second kappa shape index (κ2) is 13.2. The number of carbonyl (C=O) groups is 2. The van der Waals surface area contributed by atoms with E-state index in [9.17, 15) is 23.5 Å². The van der Waals surface area contributed by atoms with E-state index >= 15 is 0 Å². The zero-order chi connectivity index (χ0) is 29.9. The fourth-order valence-electron chi connectivity index (χ4n) is 7.09. The van der Waals surface area contributed by atoms with Gasteiger partial charge in [-0.2, -0.15) is 0 Å². The van der Waals surface area contributed by atoms with Gasteiger partial charge in [-0.15, -0.1) is 0 Å². The van der Waals surface area contributed by atoms with Gasteiger partial charge in [-0.3, -0.25) is 9.59 Å². The van der Waals surface area contributed by atoms with Crippen LogP contribution in [0, 0.1) is 29.4 Å². The zero-order valence-corrected chi connectivity index (χ0v) is 24.5. The number of nitrogens with one attached hydrogen (secondary N) is 2. The van der Waals surface area contributed by atoms with E-state index in [1.54, 1.807) is 0 Å². The van der Waals surface area contributed by atoms with Crippen LogP contribution in [0.15, 0.2) is 42.5 Å². The van der Waals surface area contributed by atoms with Gasteiger partial charge in [0.2, 0.25) is 11.8 Å². The Balaban J connectivity index is 1.24. The lowest BCUT2D eigenvalue weighted by molar-refractivity contribution is -0.128. The molecule has 1 aliphatic carbocycles. The second-order valence-electron chi connectivity index (χ2n) is 12.6. The van der Waals surface area contributed by atoms with Gasteiger partial charge in [0, 0.05) is 37.0 Å². The van der Waals surface area contributed by atoms with Crippen LogP contribution in [0.3, 0.4) is 0 Å². The first-order valence-electron chi connectivity index (χ1n) is 15.4. The molecule has 2 aromatic rings. The molecule has 4 aliphatic rings. The molecule has 3 aliphatic heterocycles. The van der Waals surface area contributed by atoms with Gasteiger partial charge in [0.15, 0.2) is 0 Å². The minimum absolute atomic E-state index is 0.0560. The summed E-state index contributed by atoms with van der Waals surface area (Å²) < 4.78 is 28.0. The molecule has 4 atom stereocenters. The molecule has 5 N–H and O–H groups in total. The van der Waals surface area contributed by atoms with Gasteiger partial charge < -0.3 is 26.4 Å². The quantitative estimate of drug-likeness (QED) is 0.273. The van der Waals surface area contributed by atoms with Crippen molar-refractivity contribution in [3.63, 3.8) is 0 Å². The SMILES string of the molecule is CCc1cccc(C2(NC[C@@H](O)[C@H](Cc3cc(F)cc(F)c3)NC(=O)CCC(C(N)=O)[C@H]3CN4CCC3CC4)CC2)c1. The first kappa shape index (κ1) is 30.6. The maximum atomic E-state index is 14.0. The number of primary amides is 1. The fourth-order valence-corrected chi connectivity index (χ4v) is 7.09. The third kappa shape index (κ3) is 7.36. The topological polar surface area (TPSA) is 108 Å². The van der Waals surface area contributed by atoms with Crippen LogP contribution in [0.5, 0.6) is 0 Å². The highest BCUT2D eigenvalue weighted by Crippen LogP contribution is 2.45. The number of halogens is 2. The summed E-state index contributed by atoms with van der Waals surface area (Å²) >= 11 is 0. The average molecular weight is 583 g/mol. The number of fused-ring (bicyclic) bond motifs is 3. The summed E-state index contributed by atoms with van der Waals surface area (Å²) in [5, 5.41) is 17.7. The van der Waals surface area contributed by atoms with Crippen LogP contribution in [0.4, 0.5) is 8.78 Å². The van der Waals surface area contributed by atoms with Gasteiger partial charge in [-0.25, -0.2) is 8.78 Å². The first-order valence-corrected chi connectivity index (χ1v) is 15.4. The van der Waals surface area contributed by atoms with E-state index in [1.165, 1.54) is 23.3 Å². The lowest BCUT2D eigenvalue weighted by Crippen LogP contribution is -2.52. The molecule has 3 saturated heterocycles. The van der Waals surface area contributed by atoms with Gasteiger partial charge >= 0.3 is 0 Å². The predicted octanol–water partition coefficient (Wildman–Crippen LogP) is 3.42. The van der Waals surface area contributed by atoms with Crippen molar-refractivity contribution in [3.8, 4) is 0 Å². The second-order valence-corrected chi connectivity index (χ2v) is 12.6. The van der Waals surface area contributed by atoms with Crippen molar-refractivity contribution in [2.24, 2.45) is 23.5 Å². The van der Waals surface area contributed by atoms with Crippen LogP contribution >= 0.6 is 0 Å². The van der Waals surface area contributed by atoms with Crippen LogP contribution in [0.25, 0.3) is 0 Å². The molecule has 0 radical (unpaired) electrons. The molecule has 2 amide bonds. The Morgan fingerprint density at radius 1 is 1.10 bits per heavy atom. The monoisotopic (exact) mass is 582 g/mol. The summed E-state index contributed by atoms with van der Waals surface area (Å²) in [6.07, 6.45) is 4.37. The van der Waals surface area contributed by atoms with E-state index in [-0.39, 0.29) is 48.6 Å². The van der Waals surface area contributed by atoms with Gasteiger partial charge in [-0.05, 0) is 98.7 Å². The number of carbonyl (C=O) groups excluding carboxylic acids is 2. The van der Waals surface area contributed by atoms with Gasteiger partial charge in [0.1, 0.15) is 11.6 Å². The molecule has 42 heavy (non-hydrogen) atoms. The number of nitrogens with two attached hydrogens (primary N) is 1. The molecule has 1 saturated carbocycles. The van der Waals surface area contributed by atoms with Crippen molar-refractivity contribution in [1.82, 2.24) is 15.5 Å². The molecule has 6 rings (SSSR count). The maximum Gasteiger partial charge on any atom is 0.220 e. The van der Waals surface area contributed by atoms with Crippen molar-refractivity contribution < 1.29 is 23.5 Å². The Kier molecular flexibility index (Phi) is 9.60. The number of aliphatic hydroxyl groups is 1. The number of hydrogen-bond donors (Lipinski definition) is 4. The van der Waals surface area contributed by atoms with E-state index in [2.05, 4.69) is 40.7 Å². The Bertz CT molecular complexity index is 1240. The number of amides is 2. The summed E-state index contributed by atoms with van der Waals surface area (Å²) in [5.74, 6) is -1.90. The Morgan fingerprint density at radius 2 is 1.81 bits per heavy atom. The van der Waals surface area contributed by atoms with E-state index in [4.69, 9.17) is 5.73 Å². The van der Waals surface area contributed by atoms with E-state index in [1.807, 2.05) is 6.07 Å². The van der Waals surface area contributed by atoms with Crippen LogP contribution in [-0.4, -0.2) is 60.1 Å². The normalized spacial score (nSPS) is 24.5. The molecule has 2 bridgehead atoms. The molecule has 2 aromatic carbocycles. The standard InChI is InChI=1S/C33H44F2N4O3/c1-2-21-4-3-5-24(14-21)33(10-11-33)37-19-30(40)29(17-22-15-25(34)18-26(35)16-22)38-31(41)7-6-27(32(36)42)28-20-39-12-8-23(28)9-13-39/h3-5,14-16,18,23,27-30,37,40H,2,6-13,17,19-20H2,1H3,(H2,36,42)(H,38,41)/t27?,28-,29-,30+/m0/s1. The number of aliphatic hydroxyl groups excluding tert-OH is 1. The van der Waals surface area contributed by atoms with Crippen molar-refractivity contribution in [1.29, 1.82) is 0 Å². The highest BCUT2D eigenvalue weighted by Gasteiger charge is 2.44. The van der Waals surface area contributed by atoms with E-state index < -0.39 is 23.8 Å². The summed E-state index contributed by atoms with van der Waals surface area (Å²) in [6.45, 7) is 5.24. The zero-order valence-electron chi connectivity index (χ0n) is 24.5. The lowest BCUT2D eigenvalue weighted by Gasteiger charge is -2.47. The Morgan fingerprint density at radius 3 is 2.40 bits per heavy atom. The minimum Gasteiger partial charge on any atom is -0.390 e. The summed E-state index contributed by atoms with van der Waals surface area (Å²) in [7, 11) is 0. The van der Waals surface area contributed by atoms with Crippen LogP contribution in [0.2, 0.25) is 0 Å². The minimum atomic E-state index is -1.01. The molecule has 1 unspecified atom stereocenters. The molecular weight excluding hydrogens is 538 g/mol. The van der Waals surface area contributed by atoms with Gasteiger partial charge in [-0.1, -0.05) is 31.2 Å². The fraction of sp³-hybridized carbons (Fsp3) is 0.576. The van der Waals surface area contributed by atoms with E-state index in [0.29, 0.717) is 17.9 Å². The van der Waals surface area contributed by atoms with Crippen LogP contribution in [-0.2, 0) is 28.0 Å².